The molecule has 0 spiro atoms. The normalized spacial score (nSPS) is 48.6. The molecule has 2 N–H and O–H groups in total. The lowest BCUT2D eigenvalue weighted by Crippen LogP contribution is -2.18. The van der Waals surface area contributed by atoms with Gasteiger partial charge in [0, 0.05) is 5.54 Å². The average molecular weight is 97.2 g/mol. The first-order valence-electron chi connectivity index (χ1n) is 2.58. The summed E-state index contributed by atoms with van der Waals surface area (Å²) in [5.41, 5.74) is 5.75. The van der Waals surface area contributed by atoms with Crippen LogP contribution in [0.5, 0.6) is 0 Å². The Balaban J connectivity index is 2.44. The van der Waals surface area contributed by atoms with Crippen molar-refractivity contribution in [1.29, 1.82) is 0 Å². The van der Waals surface area contributed by atoms with Gasteiger partial charge >= 0.3 is 0 Å². The Hall–Kier alpha value is -0.300. The summed E-state index contributed by atoms with van der Waals surface area (Å²) >= 11 is 0. The maximum atomic E-state index is 5.65. The van der Waals surface area contributed by atoms with E-state index in [9.17, 15) is 0 Å². The summed E-state index contributed by atoms with van der Waals surface area (Å²) in [6.07, 6.45) is 3.05. The van der Waals surface area contributed by atoms with Crippen molar-refractivity contribution < 1.29 is 0 Å². The molecule has 0 unspecified atom stereocenters. The molecule has 40 valence electrons. The Morgan fingerprint density at radius 1 is 2.00 bits per heavy atom. The molecule has 0 bridgehead atoms. The highest BCUT2D eigenvalue weighted by atomic mass is 14.8. The summed E-state index contributed by atoms with van der Waals surface area (Å²) in [4.78, 5) is 0. The molecule has 7 heavy (non-hydrogen) atoms. The summed E-state index contributed by atoms with van der Waals surface area (Å²) in [7, 11) is 0. The van der Waals surface area contributed by atoms with E-state index in [1.807, 2.05) is 6.08 Å². The quantitative estimate of drug-likeness (QED) is 0.483. The van der Waals surface area contributed by atoms with Gasteiger partial charge < -0.3 is 5.73 Å². The van der Waals surface area contributed by atoms with Crippen molar-refractivity contribution >= 4 is 0 Å². The molecule has 0 aromatic carbocycles. The van der Waals surface area contributed by atoms with Crippen LogP contribution in [0.15, 0.2) is 12.7 Å². The van der Waals surface area contributed by atoms with Crippen LogP contribution in [0.3, 0.4) is 0 Å². The minimum atomic E-state index is 0.0990. The smallest absolute Gasteiger partial charge is 0.0196 e. The van der Waals surface area contributed by atoms with Crippen molar-refractivity contribution in [2.24, 2.45) is 11.7 Å². The minimum absolute atomic E-state index is 0.0990. The fourth-order valence-electron chi connectivity index (χ4n) is 0.767. The molecule has 1 saturated carbocycles. The number of hydrogen-bond acceptors (Lipinski definition) is 1. The van der Waals surface area contributed by atoms with Gasteiger partial charge in [-0.05, 0) is 19.3 Å². The van der Waals surface area contributed by atoms with E-state index < -0.39 is 0 Å². The Morgan fingerprint density at radius 3 is 2.43 bits per heavy atom. The molecular weight excluding hydrogens is 86.1 g/mol. The zero-order valence-corrected chi connectivity index (χ0v) is 4.65. The maximum absolute atomic E-state index is 5.65. The van der Waals surface area contributed by atoms with Gasteiger partial charge in [-0.15, -0.1) is 6.58 Å². The van der Waals surface area contributed by atoms with E-state index in [1.165, 1.54) is 0 Å². The van der Waals surface area contributed by atoms with E-state index in [-0.39, 0.29) is 5.54 Å². The fourth-order valence-corrected chi connectivity index (χ4v) is 0.767. The monoisotopic (exact) mass is 97.1 g/mol. The van der Waals surface area contributed by atoms with Gasteiger partial charge in [-0.25, -0.2) is 0 Å². The molecule has 0 amide bonds. The summed E-state index contributed by atoms with van der Waals surface area (Å²) in [6, 6.07) is 0. The third kappa shape index (κ3) is 0.682. The molecule has 2 atom stereocenters. The Bertz CT molecular complexity index is 94.4. The van der Waals surface area contributed by atoms with Crippen LogP contribution in [0.2, 0.25) is 0 Å². The van der Waals surface area contributed by atoms with Crippen LogP contribution in [-0.4, -0.2) is 5.54 Å². The molecule has 1 aliphatic carbocycles. The zero-order valence-electron chi connectivity index (χ0n) is 4.65. The van der Waals surface area contributed by atoms with Crippen LogP contribution >= 0.6 is 0 Å². The van der Waals surface area contributed by atoms with Gasteiger partial charge in [0.1, 0.15) is 0 Å². The minimum Gasteiger partial charge on any atom is -0.325 e. The summed E-state index contributed by atoms with van der Waals surface area (Å²) in [6.45, 7) is 5.69. The molecule has 1 fully saturated rings. The molecule has 1 aliphatic rings. The maximum Gasteiger partial charge on any atom is 0.0196 e. The lowest BCUT2D eigenvalue weighted by atomic mass is 10.2. The lowest BCUT2D eigenvalue weighted by Gasteiger charge is -1.94. The summed E-state index contributed by atoms with van der Waals surface area (Å²) in [5.74, 6) is 0.590. The van der Waals surface area contributed by atoms with Gasteiger partial charge in [-0.3, -0.25) is 0 Å². The van der Waals surface area contributed by atoms with E-state index in [4.69, 9.17) is 5.73 Å². The first-order chi connectivity index (χ1) is 3.17. The van der Waals surface area contributed by atoms with Crippen LogP contribution in [0.25, 0.3) is 0 Å². The Kier molecular flexibility index (Phi) is 0.762. The average Bonchev–Trinajstić information content (AvgIpc) is 2.13. The lowest BCUT2D eigenvalue weighted by molar-refractivity contribution is 0.717. The summed E-state index contributed by atoms with van der Waals surface area (Å²) < 4.78 is 0. The first-order valence-corrected chi connectivity index (χ1v) is 2.58. The summed E-state index contributed by atoms with van der Waals surface area (Å²) in [5, 5.41) is 0. The molecule has 0 aromatic rings. The van der Waals surface area contributed by atoms with Crippen molar-refractivity contribution in [3.63, 3.8) is 0 Å². The number of nitrogens with two attached hydrogens (primary N) is 1. The van der Waals surface area contributed by atoms with E-state index in [0.29, 0.717) is 5.92 Å². The van der Waals surface area contributed by atoms with Gasteiger partial charge in [0.2, 0.25) is 0 Å². The standard InChI is InChI=1S/C6H11N/c1-3-5-4-6(5,2)7/h3,5H,1,4,7H2,2H3/t5-,6+/m0/s1. The fraction of sp³-hybridized carbons (Fsp3) is 0.667. The highest BCUT2D eigenvalue weighted by Gasteiger charge is 2.43. The van der Waals surface area contributed by atoms with Gasteiger partial charge in [0.15, 0.2) is 0 Å². The molecule has 0 aromatic heterocycles. The van der Waals surface area contributed by atoms with Gasteiger partial charge in [-0.1, -0.05) is 6.08 Å². The largest absolute Gasteiger partial charge is 0.325 e. The SMILES string of the molecule is C=C[C@H]1C[C@@]1(C)N. The predicted octanol–water partition coefficient (Wildman–Crippen LogP) is 0.910. The van der Waals surface area contributed by atoms with E-state index >= 15 is 0 Å². The second-order valence-electron chi connectivity index (χ2n) is 2.55. The molecule has 0 radical (unpaired) electrons. The van der Waals surface area contributed by atoms with Crippen molar-refractivity contribution in [1.82, 2.24) is 0 Å². The van der Waals surface area contributed by atoms with Crippen LogP contribution in [0, 0.1) is 5.92 Å². The number of rotatable bonds is 1. The second kappa shape index (κ2) is 1.10. The van der Waals surface area contributed by atoms with E-state index in [2.05, 4.69) is 13.5 Å². The van der Waals surface area contributed by atoms with Crippen LogP contribution < -0.4 is 5.73 Å². The van der Waals surface area contributed by atoms with Gasteiger partial charge in [0.25, 0.3) is 0 Å². The molecule has 0 heterocycles. The third-order valence-electron chi connectivity index (χ3n) is 1.63. The highest BCUT2D eigenvalue weighted by Crippen LogP contribution is 2.40. The third-order valence-corrected chi connectivity index (χ3v) is 1.63. The van der Waals surface area contributed by atoms with Crippen molar-refractivity contribution in [3.05, 3.63) is 12.7 Å². The molecule has 1 heteroatoms. The van der Waals surface area contributed by atoms with Crippen molar-refractivity contribution in [2.45, 2.75) is 18.9 Å². The predicted molar refractivity (Wildman–Crippen MR) is 30.9 cm³/mol. The zero-order chi connectivity index (χ0) is 5.49. The van der Waals surface area contributed by atoms with Crippen molar-refractivity contribution in [3.8, 4) is 0 Å². The number of hydrogen-bond donors (Lipinski definition) is 1. The topological polar surface area (TPSA) is 26.0 Å². The van der Waals surface area contributed by atoms with E-state index in [1.54, 1.807) is 0 Å². The second-order valence-corrected chi connectivity index (χ2v) is 2.55. The Labute approximate surface area is 44.2 Å². The highest BCUT2D eigenvalue weighted by molar-refractivity contribution is 5.11. The molecule has 0 saturated heterocycles. The Morgan fingerprint density at radius 2 is 2.43 bits per heavy atom. The van der Waals surface area contributed by atoms with Crippen molar-refractivity contribution in [2.75, 3.05) is 0 Å². The van der Waals surface area contributed by atoms with Gasteiger partial charge in [-0.2, -0.15) is 0 Å². The van der Waals surface area contributed by atoms with Gasteiger partial charge in [0.05, 0.1) is 0 Å². The molecular formula is C6H11N. The first kappa shape index (κ1) is 4.85. The van der Waals surface area contributed by atoms with Crippen LogP contribution in [0.4, 0.5) is 0 Å². The molecule has 1 nitrogen and oxygen atoms in total. The molecule has 0 aliphatic heterocycles. The van der Waals surface area contributed by atoms with Crippen LogP contribution in [0.1, 0.15) is 13.3 Å². The van der Waals surface area contributed by atoms with E-state index in [0.717, 1.165) is 6.42 Å². The molecule has 1 rings (SSSR count). The van der Waals surface area contributed by atoms with Crippen LogP contribution in [-0.2, 0) is 0 Å².